The molecule has 0 aliphatic rings. The number of hydrogen-bond acceptors (Lipinski definition) is 6. The maximum atomic E-state index is 14.4. The fourth-order valence-electron chi connectivity index (χ4n) is 3.65. The molecule has 4 rings (SSSR count). The summed E-state index contributed by atoms with van der Waals surface area (Å²) in [6.45, 7) is 0. The van der Waals surface area contributed by atoms with Crippen LogP contribution in [0.4, 0.5) is 26.2 Å². The van der Waals surface area contributed by atoms with Gasteiger partial charge in [0.25, 0.3) is 0 Å². The molecule has 5 N–H and O–H groups in total. The Bertz CT molecular complexity index is 1500. The highest BCUT2D eigenvalue weighted by Crippen LogP contribution is 2.30. The van der Waals surface area contributed by atoms with Crippen molar-refractivity contribution >= 4 is 45.0 Å². The smallest absolute Gasteiger partial charge is 0.412 e. The Kier molecular flexibility index (Phi) is 9.37. The van der Waals surface area contributed by atoms with Gasteiger partial charge in [-0.25, -0.2) is 9.18 Å². The third-order valence-electron chi connectivity index (χ3n) is 5.59. The van der Waals surface area contributed by atoms with Crippen molar-refractivity contribution < 1.29 is 28.6 Å². The van der Waals surface area contributed by atoms with Crippen LogP contribution in [0, 0.1) is 5.82 Å². The van der Waals surface area contributed by atoms with Gasteiger partial charge in [-0.15, -0.1) is 0 Å². The summed E-state index contributed by atoms with van der Waals surface area (Å²) >= 11 is 3.34. The van der Waals surface area contributed by atoms with E-state index in [0.29, 0.717) is 22.8 Å². The van der Waals surface area contributed by atoms with Crippen molar-refractivity contribution in [1.29, 1.82) is 0 Å². The summed E-state index contributed by atoms with van der Waals surface area (Å²) in [5.74, 6) is -1.60. The predicted molar refractivity (Wildman–Crippen MR) is 155 cm³/mol. The van der Waals surface area contributed by atoms with Crippen molar-refractivity contribution in [2.75, 3.05) is 16.4 Å². The summed E-state index contributed by atoms with van der Waals surface area (Å²) in [7, 11) is 0. The molecule has 0 aliphatic carbocycles. The lowest BCUT2D eigenvalue weighted by atomic mass is 10.0. The number of nitrogens with one attached hydrogen (secondary N) is 2. The average Bonchev–Trinajstić information content (AvgIpc) is 2.94. The van der Waals surface area contributed by atoms with Crippen LogP contribution in [0.3, 0.4) is 0 Å². The lowest BCUT2D eigenvalue weighted by molar-refractivity contribution is -0.112. The minimum absolute atomic E-state index is 0.180. The van der Waals surface area contributed by atoms with Crippen molar-refractivity contribution in [3.05, 3.63) is 125 Å². The van der Waals surface area contributed by atoms with Gasteiger partial charge in [-0.2, -0.15) is 0 Å². The molecular weight excluding hydrogens is 581 g/mol. The van der Waals surface area contributed by atoms with Crippen LogP contribution in [0.5, 0.6) is 11.5 Å². The molecule has 0 aliphatic heterocycles. The summed E-state index contributed by atoms with van der Waals surface area (Å²) in [5.41, 5.74) is 7.35. The molecule has 2 atom stereocenters. The highest BCUT2D eigenvalue weighted by atomic mass is 79.9. The monoisotopic (exact) mass is 605 g/mol. The van der Waals surface area contributed by atoms with Crippen LogP contribution in [-0.4, -0.2) is 23.2 Å². The van der Waals surface area contributed by atoms with E-state index in [1.807, 2.05) is 0 Å². The highest BCUT2D eigenvalue weighted by Gasteiger charge is 2.29. The van der Waals surface area contributed by atoms with Crippen LogP contribution < -0.4 is 21.1 Å². The molecule has 0 spiro atoms. The first-order valence-electron chi connectivity index (χ1n) is 12.1. The SMILES string of the molecule is Nc1ccccc1NC(=O)/C=C/[C@H](Oc1ccccc1)[C@@H](OC(=O)Nc1ccc(Br)cc1)c1ccc(O)c(F)c1. The Hall–Kier alpha value is -4.83. The number of para-hydroxylation sites is 3. The first-order chi connectivity index (χ1) is 19.3. The standard InChI is InChI=1S/C30H25BrFN3O5/c31-20-11-13-21(14-12-20)34-30(38)40-29(19-10-15-26(36)23(32)18-19)27(39-22-6-2-1-3-7-22)16-17-28(37)35-25-9-5-4-8-24(25)33/h1-18,27,29,36H,33H2,(H,34,38)(H,35,37)/b17-16+/t27-,29-/m0/s1. The third kappa shape index (κ3) is 7.84. The Morgan fingerprint density at radius 3 is 2.33 bits per heavy atom. The fourth-order valence-corrected chi connectivity index (χ4v) is 3.91. The number of ether oxygens (including phenoxy) is 2. The maximum absolute atomic E-state index is 14.4. The Morgan fingerprint density at radius 1 is 0.925 bits per heavy atom. The van der Waals surface area contributed by atoms with Gasteiger partial charge >= 0.3 is 6.09 Å². The lowest BCUT2D eigenvalue weighted by Crippen LogP contribution is -2.30. The summed E-state index contributed by atoms with van der Waals surface area (Å²) in [4.78, 5) is 25.7. The van der Waals surface area contributed by atoms with Crippen molar-refractivity contribution in [2.45, 2.75) is 12.2 Å². The normalized spacial score (nSPS) is 12.3. The van der Waals surface area contributed by atoms with Crippen LogP contribution in [-0.2, 0) is 9.53 Å². The number of nitrogens with two attached hydrogens (primary N) is 1. The molecule has 0 saturated heterocycles. The Balaban J connectivity index is 1.65. The van der Waals surface area contributed by atoms with E-state index in [4.69, 9.17) is 15.2 Å². The van der Waals surface area contributed by atoms with E-state index in [-0.39, 0.29) is 5.56 Å². The molecule has 0 saturated carbocycles. The topological polar surface area (TPSA) is 123 Å². The van der Waals surface area contributed by atoms with Gasteiger partial charge in [0.1, 0.15) is 5.75 Å². The van der Waals surface area contributed by atoms with Gasteiger partial charge < -0.3 is 25.6 Å². The Morgan fingerprint density at radius 2 is 1.62 bits per heavy atom. The zero-order valence-electron chi connectivity index (χ0n) is 21.0. The quantitative estimate of drug-likeness (QED) is 0.123. The number of rotatable bonds is 9. The molecule has 10 heteroatoms. The molecule has 0 bridgehead atoms. The van der Waals surface area contributed by atoms with Crippen LogP contribution in [0.1, 0.15) is 11.7 Å². The van der Waals surface area contributed by atoms with E-state index >= 15 is 0 Å². The van der Waals surface area contributed by atoms with Crippen LogP contribution in [0.15, 0.2) is 114 Å². The largest absolute Gasteiger partial charge is 0.505 e. The van der Waals surface area contributed by atoms with Crippen molar-refractivity contribution in [3.8, 4) is 11.5 Å². The van der Waals surface area contributed by atoms with Crippen LogP contribution in [0.2, 0.25) is 0 Å². The second-order valence-corrected chi connectivity index (χ2v) is 9.42. The van der Waals surface area contributed by atoms with E-state index in [9.17, 15) is 19.1 Å². The lowest BCUT2D eigenvalue weighted by Gasteiger charge is -2.26. The molecule has 4 aromatic carbocycles. The average molecular weight is 606 g/mol. The number of amides is 2. The zero-order chi connectivity index (χ0) is 28.5. The summed E-state index contributed by atoms with van der Waals surface area (Å²) in [5, 5.41) is 15.0. The first kappa shape index (κ1) is 28.2. The fraction of sp³-hybridized carbons (Fsp3) is 0.0667. The predicted octanol–water partition coefficient (Wildman–Crippen LogP) is 6.81. The molecule has 0 fully saturated rings. The summed E-state index contributed by atoms with van der Waals surface area (Å²) in [6.07, 6.45) is -0.585. The van der Waals surface area contributed by atoms with Gasteiger partial charge in [0.15, 0.2) is 23.8 Å². The number of phenolic OH excluding ortho intramolecular Hbond substituents is 1. The van der Waals surface area contributed by atoms with Gasteiger partial charge in [0.05, 0.1) is 11.4 Å². The molecule has 0 unspecified atom stereocenters. The molecular formula is C30H25BrFN3O5. The van der Waals surface area contributed by atoms with E-state index in [1.54, 1.807) is 78.9 Å². The molecule has 4 aromatic rings. The third-order valence-corrected chi connectivity index (χ3v) is 6.12. The first-order valence-corrected chi connectivity index (χ1v) is 12.8. The zero-order valence-corrected chi connectivity index (χ0v) is 22.5. The summed E-state index contributed by atoms with van der Waals surface area (Å²) in [6, 6.07) is 25.8. The molecule has 204 valence electrons. The van der Waals surface area contributed by atoms with E-state index in [2.05, 4.69) is 26.6 Å². The van der Waals surface area contributed by atoms with Gasteiger partial charge in [-0.1, -0.05) is 52.3 Å². The number of phenols is 1. The number of carbonyl (C=O) groups is 2. The number of nitrogen functional groups attached to an aromatic ring is 1. The van der Waals surface area contributed by atoms with E-state index in [0.717, 1.165) is 16.6 Å². The maximum Gasteiger partial charge on any atom is 0.412 e. The number of carbonyl (C=O) groups excluding carboxylic acids is 2. The highest BCUT2D eigenvalue weighted by molar-refractivity contribution is 9.10. The van der Waals surface area contributed by atoms with Crippen molar-refractivity contribution in [1.82, 2.24) is 0 Å². The minimum Gasteiger partial charge on any atom is -0.505 e. The van der Waals surface area contributed by atoms with Crippen LogP contribution in [0.25, 0.3) is 0 Å². The van der Waals surface area contributed by atoms with Crippen LogP contribution >= 0.6 is 15.9 Å². The second kappa shape index (κ2) is 13.3. The molecule has 40 heavy (non-hydrogen) atoms. The number of halogens is 2. The number of hydrogen-bond donors (Lipinski definition) is 4. The van der Waals surface area contributed by atoms with E-state index in [1.165, 1.54) is 18.2 Å². The van der Waals surface area contributed by atoms with Gasteiger partial charge in [0, 0.05) is 16.2 Å². The summed E-state index contributed by atoms with van der Waals surface area (Å²) < 4.78 is 27.1. The second-order valence-electron chi connectivity index (χ2n) is 8.50. The Labute approximate surface area is 238 Å². The minimum atomic E-state index is -1.24. The van der Waals surface area contributed by atoms with Gasteiger partial charge in [0.2, 0.25) is 5.91 Å². The van der Waals surface area contributed by atoms with Crippen molar-refractivity contribution in [2.24, 2.45) is 0 Å². The molecule has 0 heterocycles. The molecule has 0 radical (unpaired) electrons. The van der Waals surface area contributed by atoms with Crippen molar-refractivity contribution in [3.63, 3.8) is 0 Å². The van der Waals surface area contributed by atoms with Gasteiger partial charge in [-0.05, 0) is 72.3 Å². The molecule has 0 aromatic heterocycles. The number of anilines is 3. The molecule has 2 amide bonds. The van der Waals surface area contributed by atoms with Gasteiger partial charge in [-0.3, -0.25) is 10.1 Å². The number of benzene rings is 4. The molecule has 8 nitrogen and oxygen atoms in total. The van der Waals surface area contributed by atoms with E-state index < -0.39 is 35.8 Å². The number of aromatic hydroxyl groups is 1.